The predicted molar refractivity (Wildman–Crippen MR) is 61.3 cm³/mol. The lowest BCUT2D eigenvalue weighted by Gasteiger charge is -2.18. The highest BCUT2D eigenvalue weighted by atomic mass is 16.5. The second kappa shape index (κ2) is 4.61. The Morgan fingerprint density at radius 2 is 2.12 bits per heavy atom. The number of nitrogens with zero attached hydrogens (tertiary/aromatic N) is 1. The van der Waals surface area contributed by atoms with Crippen LogP contribution in [0.4, 0.5) is 0 Å². The zero-order chi connectivity index (χ0) is 11.0. The van der Waals surface area contributed by atoms with E-state index >= 15 is 0 Å². The summed E-state index contributed by atoms with van der Waals surface area (Å²) in [4.78, 5) is 2.63. The monoisotopic (exact) mass is 226 g/mol. The molecule has 2 N–H and O–H groups in total. The van der Waals surface area contributed by atoms with Gasteiger partial charge in [-0.1, -0.05) is 0 Å². The second-order valence-corrected chi connectivity index (χ2v) is 5.50. The van der Waals surface area contributed by atoms with E-state index < -0.39 is 0 Å². The summed E-state index contributed by atoms with van der Waals surface area (Å²) >= 11 is 0. The van der Waals surface area contributed by atoms with E-state index in [2.05, 4.69) is 10.2 Å². The molecule has 3 rings (SSSR count). The molecule has 0 spiro atoms. The second-order valence-electron chi connectivity index (χ2n) is 5.50. The van der Waals surface area contributed by atoms with Gasteiger partial charge < -0.3 is 20.1 Å². The minimum atomic E-state index is -0.305. The van der Waals surface area contributed by atoms with Gasteiger partial charge in [0, 0.05) is 12.6 Å². The number of aliphatic hydroxyl groups is 1. The summed E-state index contributed by atoms with van der Waals surface area (Å²) in [5.41, 5.74) is 0. The van der Waals surface area contributed by atoms with Crippen molar-refractivity contribution in [2.75, 3.05) is 32.8 Å². The van der Waals surface area contributed by atoms with Crippen LogP contribution in [0.1, 0.15) is 19.3 Å². The van der Waals surface area contributed by atoms with Gasteiger partial charge in [-0.3, -0.25) is 0 Å². The summed E-state index contributed by atoms with van der Waals surface area (Å²) < 4.78 is 5.23. The van der Waals surface area contributed by atoms with E-state index in [1.165, 1.54) is 32.4 Å². The smallest absolute Gasteiger partial charge is 0.0948 e. The fourth-order valence-electron chi connectivity index (χ4n) is 2.86. The molecule has 0 aromatic heterocycles. The molecule has 1 aliphatic carbocycles. The number of aliphatic hydroxyl groups excluding tert-OH is 1. The quantitative estimate of drug-likeness (QED) is 0.698. The normalized spacial score (nSPS) is 40.7. The Morgan fingerprint density at radius 1 is 1.25 bits per heavy atom. The highest BCUT2D eigenvalue weighted by Crippen LogP contribution is 2.31. The zero-order valence-corrected chi connectivity index (χ0v) is 9.77. The van der Waals surface area contributed by atoms with E-state index in [0.717, 1.165) is 18.5 Å². The molecule has 3 fully saturated rings. The maximum atomic E-state index is 9.62. The Bertz CT molecular complexity index is 245. The Morgan fingerprint density at radius 3 is 2.81 bits per heavy atom. The van der Waals surface area contributed by atoms with E-state index in [1.807, 2.05) is 0 Å². The van der Waals surface area contributed by atoms with Gasteiger partial charge in [0.05, 0.1) is 25.4 Å². The van der Waals surface area contributed by atoms with E-state index in [0.29, 0.717) is 13.2 Å². The van der Waals surface area contributed by atoms with Crippen molar-refractivity contribution in [1.82, 2.24) is 10.2 Å². The molecule has 16 heavy (non-hydrogen) atoms. The van der Waals surface area contributed by atoms with Gasteiger partial charge in [-0.25, -0.2) is 0 Å². The largest absolute Gasteiger partial charge is 0.389 e. The fourth-order valence-corrected chi connectivity index (χ4v) is 2.86. The molecule has 2 aliphatic heterocycles. The van der Waals surface area contributed by atoms with E-state index in [4.69, 9.17) is 4.74 Å². The van der Waals surface area contributed by atoms with Crippen LogP contribution in [0.2, 0.25) is 0 Å². The molecule has 1 saturated carbocycles. The van der Waals surface area contributed by atoms with Gasteiger partial charge in [-0.05, 0) is 38.3 Å². The fraction of sp³-hybridized carbons (Fsp3) is 1.00. The zero-order valence-electron chi connectivity index (χ0n) is 9.77. The van der Waals surface area contributed by atoms with Crippen LogP contribution in [0, 0.1) is 5.92 Å². The Hall–Kier alpha value is -0.160. The number of likely N-dealkylation sites (tertiary alicyclic amines) is 1. The Labute approximate surface area is 97.0 Å². The van der Waals surface area contributed by atoms with Crippen molar-refractivity contribution in [1.29, 1.82) is 0 Å². The van der Waals surface area contributed by atoms with Gasteiger partial charge in [-0.15, -0.1) is 0 Å². The summed E-state index contributed by atoms with van der Waals surface area (Å²) in [7, 11) is 0. The third kappa shape index (κ3) is 2.40. The third-order valence-corrected chi connectivity index (χ3v) is 4.10. The average molecular weight is 226 g/mol. The number of hydrogen-bond donors (Lipinski definition) is 2. The molecule has 4 heteroatoms. The summed E-state index contributed by atoms with van der Waals surface area (Å²) in [6, 6.07) is 1.07. The van der Waals surface area contributed by atoms with Gasteiger partial charge in [0.2, 0.25) is 0 Å². The van der Waals surface area contributed by atoms with Crippen molar-refractivity contribution in [2.45, 2.75) is 37.5 Å². The number of ether oxygens (including phenoxy) is 1. The van der Waals surface area contributed by atoms with Crippen molar-refractivity contribution >= 4 is 0 Å². The molecule has 0 bridgehead atoms. The van der Waals surface area contributed by atoms with Crippen LogP contribution in [-0.2, 0) is 4.74 Å². The molecule has 3 atom stereocenters. The van der Waals surface area contributed by atoms with Gasteiger partial charge in [0.1, 0.15) is 0 Å². The van der Waals surface area contributed by atoms with E-state index in [1.54, 1.807) is 0 Å². The van der Waals surface area contributed by atoms with Gasteiger partial charge in [0.15, 0.2) is 0 Å². The van der Waals surface area contributed by atoms with Crippen LogP contribution in [0.5, 0.6) is 0 Å². The predicted octanol–water partition coefficient (Wildman–Crippen LogP) is -0.180. The molecule has 0 aromatic rings. The topological polar surface area (TPSA) is 44.7 Å². The average Bonchev–Trinajstić information content (AvgIpc) is 2.89. The molecule has 4 nitrogen and oxygen atoms in total. The minimum Gasteiger partial charge on any atom is -0.389 e. The van der Waals surface area contributed by atoms with Crippen molar-refractivity contribution < 1.29 is 9.84 Å². The summed E-state index contributed by atoms with van der Waals surface area (Å²) in [6.45, 7) is 4.73. The Kier molecular flexibility index (Phi) is 3.16. The van der Waals surface area contributed by atoms with E-state index in [-0.39, 0.29) is 12.1 Å². The van der Waals surface area contributed by atoms with Crippen molar-refractivity contribution in [3.63, 3.8) is 0 Å². The Balaban J connectivity index is 1.39. The maximum Gasteiger partial charge on any atom is 0.0948 e. The highest BCUT2D eigenvalue weighted by molar-refractivity contribution is 4.91. The van der Waals surface area contributed by atoms with Crippen molar-refractivity contribution in [3.8, 4) is 0 Å². The van der Waals surface area contributed by atoms with Crippen LogP contribution in [-0.4, -0.2) is 61.0 Å². The minimum absolute atomic E-state index is 0.162. The van der Waals surface area contributed by atoms with Crippen molar-refractivity contribution in [3.05, 3.63) is 0 Å². The molecule has 0 amide bonds. The first-order valence-electron chi connectivity index (χ1n) is 6.56. The van der Waals surface area contributed by atoms with Gasteiger partial charge >= 0.3 is 0 Å². The molecular formula is C12H22N2O2. The van der Waals surface area contributed by atoms with Gasteiger partial charge in [0.25, 0.3) is 0 Å². The number of rotatable bonds is 4. The lowest BCUT2D eigenvalue weighted by molar-refractivity contribution is 0.122. The van der Waals surface area contributed by atoms with Crippen LogP contribution >= 0.6 is 0 Å². The SMILES string of the molecule is OC1COCC1NCC1CCN(C2CC2)C1. The molecule has 2 heterocycles. The lowest BCUT2D eigenvalue weighted by atomic mass is 10.1. The van der Waals surface area contributed by atoms with Crippen LogP contribution in [0.3, 0.4) is 0 Å². The number of hydrogen-bond acceptors (Lipinski definition) is 4. The molecule has 92 valence electrons. The maximum absolute atomic E-state index is 9.62. The molecule has 3 aliphatic rings. The van der Waals surface area contributed by atoms with E-state index in [9.17, 15) is 5.11 Å². The molecule has 3 unspecified atom stereocenters. The highest BCUT2D eigenvalue weighted by Gasteiger charge is 2.35. The first-order chi connectivity index (χ1) is 7.83. The lowest BCUT2D eigenvalue weighted by Crippen LogP contribution is -2.41. The summed E-state index contributed by atoms with van der Waals surface area (Å²) in [6.07, 6.45) is 3.83. The van der Waals surface area contributed by atoms with Gasteiger partial charge in [-0.2, -0.15) is 0 Å². The summed E-state index contributed by atoms with van der Waals surface area (Å²) in [5, 5.41) is 13.1. The standard InChI is InChI=1S/C12H22N2O2/c15-12-8-16-7-11(12)13-5-9-3-4-14(6-9)10-1-2-10/h9-13,15H,1-8H2. The van der Waals surface area contributed by atoms with Crippen LogP contribution < -0.4 is 5.32 Å². The molecular weight excluding hydrogens is 204 g/mol. The molecule has 0 aromatic carbocycles. The summed E-state index contributed by atoms with van der Waals surface area (Å²) in [5.74, 6) is 0.772. The first kappa shape index (κ1) is 11.0. The molecule has 2 saturated heterocycles. The molecule has 0 radical (unpaired) electrons. The van der Waals surface area contributed by atoms with Crippen molar-refractivity contribution in [2.24, 2.45) is 5.92 Å². The first-order valence-corrected chi connectivity index (χ1v) is 6.56. The third-order valence-electron chi connectivity index (χ3n) is 4.10. The van der Waals surface area contributed by atoms with Crippen LogP contribution in [0.15, 0.2) is 0 Å². The number of nitrogens with one attached hydrogen (secondary N) is 1. The van der Waals surface area contributed by atoms with Crippen LogP contribution in [0.25, 0.3) is 0 Å².